The Morgan fingerprint density at radius 1 is 1.38 bits per heavy atom. The van der Waals surface area contributed by atoms with Crippen LogP contribution in [-0.2, 0) is 13.4 Å². The van der Waals surface area contributed by atoms with Crippen LogP contribution in [0.25, 0.3) is 0 Å². The van der Waals surface area contributed by atoms with Crippen LogP contribution in [-0.4, -0.2) is 25.8 Å². The number of carbonyl (C=O) groups is 1. The van der Waals surface area contributed by atoms with Crippen molar-refractivity contribution in [2.75, 3.05) is 0 Å². The second-order valence-corrected chi connectivity index (χ2v) is 3.95. The molecule has 0 aliphatic rings. The van der Waals surface area contributed by atoms with E-state index in [0.29, 0.717) is 0 Å². The lowest BCUT2D eigenvalue weighted by molar-refractivity contribution is 0.0693. The number of carboxylic acid groups (broad SMARTS) is 1. The Morgan fingerprint density at radius 2 is 2.14 bits per heavy atom. The molecule has 2 aromatic rings. The molecular weight excluding hydrogens is 291 g/mol. The van der Waals surface area contributed by atoms with Gasteiger partial charge in [0.05, 0.1) is 11.9 Å². The van der Waals surface area contributed by atoms with Gasteiger partial charge in [0.25, 0.3) is 6.43 Å². The topological polar surface area (TPSA) is 77.2 Å². The van der Waals surface area contributed by atoms with Crippen molar-refractivity contribution in [3.05, 3.63) is 41.3 Å². The van der Waals surface area contributed by atoms with Crippen LogP contribution in [0.1, 0.15) is 28.0 Å². The maximum absolute atomic E-state index is 12.7. The fourth-order valence-corrected chi connectivity index (χ4v) is 1.59. The highest BCUT2D eigenvalue weighted by Crippen LogP contribution is 2.20. The van der Waals surface area contributed by atoms with Crippen molar-refractivity contribution in [2.45, 2.75) is 19.8 Å². The average molecular weight is 301 g/mol. The van der Waals surface area contributed by atoms with E-state index in [1.807, 2.05) is 0 Å². The van der Waals surface area contributed by atoms with Gasteiger partial charge in [-0.2, -0.15) is 5.10 Å². The summed E-state index contributed by atoms with van der Waals surface area (Å²) in [6.45, 7) is -1.31. The van der Waals surface area contributed by atoms with Gasteiger partial charge in [-0.3, -0.25) is 0 Å². The molecule has 2 heterocycles. The summed E-state index contributed by atoms with van der Waals surface area (Å²) in [5, 5.41) is 12.5. The van der Waals surface area contributed by atoms with Gasteiger partial charge in [-0.25, -0.2) is 27.6 Å². The summed E-state index contributed by atoms with van der Waals surface area (Å²) >= 11 is 0. The number of nitrogens with zero attached hydrogens (tertiary/aromatic N) is 3. The molecule has 0 atom stereocenters. The zero-order valence-electron chi connectivity index (χ0n) is 10.5. The molecule has 0 radical (unpaired) electrons. The number of aromatic carboxylic acids is 1. The monoisotopic (exact) mass is 301 g/mol. The smallest absolute Gasteiger partial charge is 0.339 e. The van der Waals surface area contributed by atoms with Crippen LogP contribution in [0, 0.1) is 0 Å². The van der Waals surface area contributed by atoms with Crippen molar-refractivity contribution in [1.82, 2.24) is 14.8 Å². The van der Waals surface area contributed by atoms with Gasteiger partial charge in [-0.05, 0) is 6.07 Å². The molecule has 0 saturated heterocycles. The van der Waals surface area contributed by atoms with Crippen molar-refractivity contribution in [2.24, 2.45) is 0 Å². The van der Waals surface area contributed by atoms with Crippen LogP contribution in [0.15, 0.2) is 24.5 Å². The van der Waals surface area contributed by atoms with Crippen LogP contribution < -0.4 is 4.74 Å². The highest BCUT2D eigenvalue weighted by atomic mass is 19.3. The quantitative estimate of drug-likeness (QED) is 0.886. The van der Waals surface area contributed by atoms with Gasteiger partial charge in [0, 0.05) is 17.8 Å². The molecule has 0 bridgehead atoms. The molecule has 2 aromatic heterocycles. The molecule has 112 valence electrons. The van der Waals surface area contributed by atoms with E-state index in [4.69, 9.17) is 9.84 Å². The number of hydrogen-bond donors (Lipinski definition) is 1. The number of hydrogen-bond acceptors (Lipinski definition) is 4. The molecule has 1 N–H and O–H groups in total. The van der Waals surface area contributed by atoms with Crippen LogP contribution in [0.5, 0.6) is 5.88 Å². The summed E-state index contributed by atoms with van der Waals surface area (Å²) in [5.41, 5.74) is -0.441. The number of halogens is 3. The first-order chi connectivity index (χ1) is 10.0. The molecule has 0 spiro atoms. The maximum Gasteiger partial charge on any atom is 0.339 e. The van der Waals surface area contributed by atoms with Gasteiger partial charge < -0.3 is 9.84 Å². The van der Waals surface area contributed by atoms with E-state index in [1.165, 1.54) is 6.07 Å². The molecule has 6 nitrogen and oxygen atoms in total. The molecule has 0 fully saturated rings. The van der Waals surface area contributed by atoms with E-state index in [-0.39, 0.29) is 29.3 Å². The summed E-state index contributed by atoms with van der Waals surface area (Å²) in [7, 11) is 0. The third-order valence-electron chi connectivity index (χ3n) is 2.66. The Bertz CT molecular complexity index is 628. The molecule has 0 aliphatic carbocycles. The molecule has 9 heteroatoms. The van der Waals surface area contributed by atoms with Gasteiger partial charge in [0.1, 0.15) is 12.2 Å². The van der Waals surface area contributed by atoms with Gasteiger partial charge in [0.2, 0.25) is 5.88 Å². The standard InChI is InChI=1S/C12H10F3N3O3/c13-6-18-9(8(4-17-18)12(19)20)5-21-10-2-1-7(3-16-10)11(14)15/h1-4,11H,5-6H2,(H,19,20). The fourth-order valence-electron chi connectivity index (χ4n) is 1.59. The summed E-state index contributed by atoms with van der Waals surface area (Å²) in [6, 6.07) is 2.36. The third-order valence-corrected chi connectivity index (χ3v) is 2.66. The van der Waals surface area contributed by atoms with Crippen LogP contribution in [0.3, 0.4) is 0 Å². The summed E-state index contributed by atoms with van der Waals surface area (Å²) in [5.74, 6) is -1.25. The van der Waals surface area contributed by atoms with Crippen LogP contribution in [0.2, 0.25) is 0 Å². The number of pyridine rings is 1. The Labute approximate surface area is 116 Å². The lowest BCUT2D eigenvalue weighted by atomic mass is 10.2. The first kappa shape index (κ1) is 14.8. The van der Waals surface area contributed by atoms with Crippen LogP contribution in [0.4, 0.5) is 13.2 Å². The molecule has 0 unspecified atom stereocenters. The largest absolute Gasteiger partial charge is 0.478 e. The first-order valence-corrected chi connectivity index (χ1v) is 5.73. The summed E-state index contributed by atoms with van der Waals surface area (Å²) in [6.07, 6.45) is -0.684. The Hall–Kier alpha value is -2.58. The lowest BCUT2D eigenvalue weighted by Gasteiger charge is -2.08. The minimum Gasteiger partial charge on any atom is -0.478 e. The molecular formula is C12H10F3N3O3. The number of rotatable bonds is 6. The fraction of sp³-hybridized carbons (Fsp3) is 0.250. The van der Waals surface area contributed by atoms with Crippen LogP contribution >= 0.6 is 0 Å². The molecule has 21 heavy (non-hydrogen) atoms. The zero-order chi connectivity index (χ0) is 15.4. The molecule has 0 aliphatic heterocycles. The second kappa shape index (κ2) is 6.25. The highest BCUT2D eigenvalue weighted by Gasteiger charge is 2.17. The van der Waals surface area contributed by atoms with Crippen molar-refractivity contribution in [3.8, 4) is 5.88 Å². The number of carboxylic acids is 1. The first-order valence-electron chi connectivity index (χ1n) is 5.73. The minimum absolute atomic E-state index is 0.0161. The minimum atomic E-state index is -2.64. The SMILES string of the molecule is O=C(O)c1cnn(CF)c1COc1ccc(C(F)F)cn1. The normalized spacial score (nSPS) is 10.9. The van der Waals surface area contributed by atoms with E-state index >= 15 is 0 Å². The summed E-state index contributed by atoms with van der Waals surface area (Å²) < 4.78 is 43.4. The number of aromatic nitrogens is 3. The van der Waals surface area contributed by atoms with Crippen molar-refractivity contribution in [1.29, 1.82) is 0 Å². The Balaban J connectivity index is 2.12. The maximum atomic E-state index is 12.7. The molecule has 0 amide bonds. The van der Waals surface area contributed by atoms with E-state index in [9.17, 15) is 18.0 Å². The number of ether oxygens (including phenoxy) is 1. The van der Waals surface area contributed by atoms with E-state index in [2.05, 4.69) is 10.1 Å². The number of alkyl halides is 3. The van der Waals surface area contributed by atoms with Gasteiger partial charge in [-0.1, -0.05) is 0 Å². The molecule has 0 aromatic carbocycles. The predicted molar refractivity (Wildman–Crippen MR) is 63.8 cm³/mol. The van der Waals surface area contributed by atoms with Gasteiger partial charge in [0.15, 0.2) is 6.80 Å². The van der Waals surface area contributed by atoms with Crippen molar-refractivity contribution in [3.63, 3.8) is 0 Å². The molecule has 0 saturated carbocycles. The Kier molecular flexibility index (Phi) is 4.41. The van der Waals surface area contributed by atoms with Crippen molar-refractivity contribution >= 4 is 5.97 Å². The van der Waals surface area contributed by atoms with E-state index < -0.39 is 19.2 Å². The summed E-state index contributed by atoms with van der Waals surface area (Å²) in [4.78, 5) is 14.6. The molecule has 2 rings (SSSR count). The predicted octanol–water partition coefficient (Wildman–Crippen LogP) is 2.42. The van der Waals surface area contributed by atoms with E-state index in [1.54, 1.807) is 0 Å². The van der Waals surface area contributed by atoms with E-state index in [0.717, 1.165) is 23.1 Å². The van der Waals surface area contributed by atoms with Crippen molar-refractivity contribution < 1.29 is 27.8 Å². The third kappa shape index (κ3) is 3.30. The van der Waals surface area contributed by atoms with Gasteiger partial charge >= 0.3 is 5.97 Å². The average Bonchev–Trinajstić information content (AvgIpc) is 2.88. The second-order valence-electron chi connectivity index (χ2n) is 3.95. The zero-order valence-corrected chi connectivity index (χ0v) is 10.5. The highest BCUT2D eigenvalue weighted by molar-refractivity contribution is 5.88. The Morgan fingerprint density at radius 3 is 2.67 bits per heavy atom. The lowest BCUT2D eigenvalue weighted by Crippen LogP contribution is -2.10. The van der Waals surface area contributed by atoms with Gasteiger partial charge in [-0.15, -0.1) is 0 Å².